The summed E-state index contributed by atoms with van der Waals surface area (Å²) >= 11 is 0.483. The second-order valence-electron chi connectivity index (χ2n) is 3.61. The van der Waals surface area contributed by atoms with Crippen molar-refractivity contribution in [3.8, 4) is 0 Å². The Hall–Kier alpha value is 0.690. The Labute approximate surface area is 87.2 Å². The molecule has 0 radical (unpaired) electrons. The fourth-order valence-electron chi connectivity index (χ4n) is 1.57. The van der Waals surface area contributed by atoms with E-state index in [4.69, 9.17) is 0 Å². The van der Waals surface area contributed by atoms with Crippen molar-refractivity contribution in [1.29, 1.82) is 0 Å². The van der Waals surface area contributed by atoms with Gasteiger partial charge in [-0.3, -0.25) is 0 Å². The van der Waals surface area contributed by atoms with Crippen LogP contribution in [0.5, 0.6) is 0 Å². The van der Waals surface area contributed by atoms with Gasteiger partial charge < -0.3 is 0 Å². The molecule has 2 heteroatoms. The van der Waals surface area contributed by atoms with Crippen LogP contribution in [-0.4, -0.2) is 27.0 Å². The quantitative estimate of drug-likeness (QED) is 0.286. The van der Waals surface area contributed by atoms with Gasteiger partial charge in [-0.1, -0.05) is 0 Å². The van der Waals surface area contributed by atoms with Crippen LogP contribution in [0.15, 0.2) is 0 Å². The van der Waals surface area contributed by atoms with Crippen molar-refractivity contribution in [2.24, 2.45) is 0 Å². The van der Waals surface area contributed by atoms with Gasteiger partial charge in [-0.15, -0.1) is 0 Å². The molecule has 1 fully saturated rings. The normalized spacial score (nSPS) is 26.3. The van der Waals surface area contributed by atoms with E-state index in [9.17, 15) is 0 Å². The molecule has 1 nitrogen and oxygen atoms in total. The average Bonchev–Trinajstić information content (AvgIpc) is 2.09. The zero-order valence-corrected chi connectivity index (χ0v) is 10.5. The Morgan fingerprint density at radius 3 is 2.92 bits per heavy atom. The molecule has 1 unspecified atom stereocenters. The number of halogens is 1. The number of unbranched alkanes of at least 4 members (excludes halogenated alkanes) is 1. The standard InChI is InChI=1S/C10H21IN/c1-3-4-8-11-10-7-5-6-9-12(10)2/h10H,3-9H2,1-2H3/q-1. The van der Waals surface area contributed by atoms with E-state index >= 15 is 0 Å². The topological polar surface area (TPSA) is 3.24 Å². The van der Waals surface area contributed by atoms with Crippen LogP contribution < -0.4 is 21.2 Å². The molecule has 0 aliphatic carbocycles. The second kappa shape index (κ2) is 6.19. The van der Waals surface area contributed by atoms with Gasteiger partial charge >= 0.3 is 87.2 Å². The number of alkyl halides is 2. The van der Waals surface area contributed by atoms with E-state index in [0.717, 1.165) is 4.05 Å². The predicted molar refractivity (Wildman–Crippen MR) is 50.0 cm³/mol. The van der Waals surface area contributed by atoms with Crippen molar-refractivity contribution in [2.45, 2.75) is 43.1 Å². The third-order valence-electron chi connectivity index (χ3n) is 2.46. The molecule has 0 aromatic carbocycles. The van der Waals surface area contributed by atoms with Crippen molar-refractivity contribution in [1.82, 2.24) is 4.90 Å². The summed E-state index contributed by atoms with van der Waals surface area (Å²) in [5.41, 5.74) is 0. The first-order chi connectivity index (χ1) is 5.84. The Morgan fingerprint density at radius 1 is 1.42 bits per heavy atom. The molecule has 12 heavy (non-hydrogen) atoms. The van der Waals surface area contributed by atoms with Crippen molar-refractivity contribution in [2.75, 3.05) is 18.0 Å². The maximum atomic E-state index is 2.60. The minimum absolute atomic E-state index is 0.483. The molecule has 0 amide bonds. The molecule has 1 rings (SSSR count). The van der Waals surface area contributed by atoms with Gasteiger partial charge in [-0.25, -0.2) is 0 Å². The number of nitrogens with zero attached hydrogens (tertiary/aromatic N) is 1. The molecule has 1 saturated heterocycles. The van der Waals surface area contributed by atoms with Crippen LogP contribution in [-0.2, 0) is 0 Å². The van der Waals surface area contributed by atoms with E-state index in [2.05, 4.69) is 18.9 Å². The molecule has 0 bridgehead atoms. The van der Waals surface area contributed by atoms with Gasteiger partial charge in [-0.05, 0) is 0 Å². The molecular weight excluding hydrogens is 261 g/mol. The fourth-order valence-corrected chi connectivity index (χ4v) is 5.32. The first-order valence-electron chi connectivity index (χ1n) is 5.12. The van der Waals surface area contributed by atoms with Gasteiger partial charge in [0.25, 0.3) is 0 Å². The third-order valence-corrected chi connectivity index (χ3v) is 6.43. The maximum absolute atomic E-state index is 2.60. The molecule has 1 atom stereocenters. The number of piperidine rings is 1. The Morgan fingerprint density at radius 2 is 2.25 bits per heavy atom. The average molecular weight is 282 g/mol. The fraction of sp³-hybridized carbons (Fsp3) is 1.00. The molecule has 0 saturated carbocycles. The van der Waals surface area contributed by atoms with Gasteiger partial charge in [0.1, 0.15) is 0 Å². The summed E-state index contributed by atoms with van der Waals surface area (Å²) in [6, 6.07) is 0. The monoisotopic (exact) mass is 282 g/mol. The van der Waals surface area contributed by atoms with Crippen molar-refractivity contribution in [3.05, 3.63) is 0 Å². The zero-order chi connectivity index (χ0) is 8.81. The minimum atomic E-state index is 0.483. The number of rotatable bonds is 4. The van der Waals surface area contributed by atoms with Crippen LogP contribution in [0.2, 0.25) is 0 Å². The van der Waals surface area contributed by atoms with E-state index in [1.807, 2.05) is 0 Å². The van der Waals surface area contributed by atoms with E-state index in [0.29, 0.717) is 21.2 Å². The Bertz CT molecular complexity index is 116. The van der Waals surface area contributed by atoms with E-state index in [-0.39, 0.29) is 0 Å². The molecular formula is C10H21IN-. The predicted octanol–water partition coefficient (Wildman–Crippen LogP) is -0.683. The molecule has 1 aliphatic rings. The molecule has 1 aliphatic heterocycles. The summed E-state index contributed by atoms with van der Waals surface area (Å²) in [4.78, 5) is 2.60. The van der Waals surface area contributed by atoms with Gasteiger partial charge in [0.2, 0.25) is 0 Å². The van der Waals surface area contributed by atoms with Crippen LogP contribution in [0.4, 0.5) is 0 Å². The van der Waals surface area contributed by atoms with Gasteiger partial charge in [-0.2, -0.15) is 0 Å². The second-order valence-corrected chi connectivity index (χ2v) is 7.01. The first-order valence-corrected chi connectivity index (χ1v) is 7.89. The molecule has 0 N–H and O–H groups in total. The van der Waals surface area contributed by atoms with Gasteiger partial charge in [0.05, 0.1) is 0 Å². The van der Waals surface area contributed by atoms with Crippen molar-refractivity contribution >= 4 is 0 Å². The Kier molecular flexibility index (Phi) is 5.56. The van der Waals surface area contributed by atoms with E-state index in [1.165, 1.54) is 38.6 Å². The van der Waals surface area contributed by atoms with Crippen LogP contribution >= 0.6 is 0 Å². The summed E-state index contributed by atoms with van der Waals surface area (Å²) in [6.07, 6.45) is 7.27. The molecule has 0 aromatic rings. The number of hydrogen-bond acceptors (Lipinski definition) is 1. The van der Waals surface area contributed by atoms with Gasteiger partial charge in [0, 0.05) is 0 Å². The van der Waals surface area contributed by atoms with Gasteiger partial charge in [0.15, 0.2) is 0 Å². The summed E-state index contributed by atoms with van der Waals surface area (Å²) in [5, 5.41) is 0. The summed E-state index contributed by atoms with van der Waals surface area (Å²) in [7, 11) is 2.31. The van der Waals surface area contributed by atoms with Crippen LogP contribution in [0.25, 0.3) is 0 Å². The molecule has 74 valence electrons. The molecule has 0 spiro atoms. The molecule has 1 heterocycles. The van der Waals surface area contributed by atoms with Crippen LogP contribution in [0.3, 0.4) is 0 Å². The van der Waals surface area contributed by atoms with Crippen molar-refractivity contribution in [3.63, 3.8) is 0 Å². The Balaban J connectivity index is 2.11. The summed E-state index contributed by atoms with van der Waals surface area (Å²) in [5.74, 6) is 0. The van der Waals surface area contributed by atoms with E-state index in [1.54, 1.807) is 4.43 Å². The van der Waals surface area contributed by atoms with Crippen LogP contribution in [0.1, 0.15) is 39.0 Å². The third kappa shape index (κ3) is 3.60. The number of likely N-dealkylation sites (tertiary alicyclic amines) is 1. The zero-order valence-electron chi connectivity index (χ0n) is 8.35. The van der Waals surface area contributed by atoms with Crippen molar-refractivity contribution < 1.29 is 21.2 Å². The first kappa shape index (κ1) is 10.8. The SMILES string of the molecule is CCCC[I-]C1CCCCN1C. The molecule has 0 aromatic heterocycles. The number of hydrogen-bond donors (Lipinski definition) is 0. The van der Waals surface area contributed by atoms with Crippen LogP contribution in [0, 0.1) is 0 Å². The van der Waals surface area contributed by atoms with E-state index < -0.39 is 0 Å². The summed E-state index contributed by atoms with van der Waals surface area (Å²) < 4.78 is 2.56. The summed E-state index contributed by atoms with van der Waals surface area (Å²) in [6.45, 7) is 3.66.